The maximum atomic E-state index is 13.7. The van der Waals surface area contributed by atoms with Crippen LogP contribution in [0.1, 0.15) is 33.6 Å². The van der Waals surface area contributed by atoms with E-state index in [-0.39, 0.29) is 11.1 Å². The average Bonchev–Trinajstić information content (AvgIpc) is 2.66. The van der Waals surface area contributed by atoms with Crippen molar-refractivity contribution in [1.82, 2.24) is 9.55 Å². The third kappa shape index (κ3) is 1.86. The molecule has 0 saturated heterocycles. The Hall–Kier alpha value is -1.23. The standard InChI is InChI=1S/C13H16F2N2S/c1-4-13(3,5-2)17-10-7-8(14)6-9(15)11(10)16-12(17)18/h6-7H,4-5H2,1-3H3,(H,16,18). The molecule has 0 aliphatic carbocycles. The molecule has 0 fully saturated rings. The Morgan fingerprint density at radius 3 is 2.44 bits per heavy atom. The number of hydrogen-bond acceptors (Lipinski definition) is 1. The molecule has 0 aliphatic rings. The number of rotatable bonds is 3. The second-order valence-electron chi connectivity index (χ2n) is 4.75. The number of aromatic nitrogens is 2. The fourth-order valence-corrected chi connectivity index (χ4v) is 2.66. The van der Waals surface area contributed by atoms with Gasteiger partial charge in [0, 0.05) is 11.6 Å². The van der Waals surface area contributed by atoms with E-state index >= 15 is 0 Å². The molecule has 5 heteroatoms. The normalized spacial score (nSPS) is 12.3. The van der Waals surface area contributed by atoms with Crippen molar-refractivity contribution in [1.29, 1.82) is 0 Å². The van der Waals surface area contributed by atoms with E-state index in [9.17, 15) is 8.78 Å². The van der Waals surface area contributed by atoms with Gasteiger partial charge < -0.3 is 9.55 Å². The molecule has 1 N–H and O–H groups in total. The summed E-state index contributed by atoms with van der Waals surface area (Å²) in [6.07, 6.45) is 1.67. The monoisotopic (exact) mass is 270 g/mol. The van der Waals surface area contributed by atoms with Crippen LogP contribution >= 0.6 is 12.2 Å². The molecule has 0 unspecified atom stereocenters. The number of nitrogens with one attached hydrogen (secondary N) is 1. The van der Waals surface area contributed by atoms with E-state index in [1.807, 2.05) is 25.3 Å². The van der Waals surface area contributed by atoms with Crippen molar-refractivity contribution in [2.75, 3.05) is 0 Å². The molecule has 1 heterocycles. The lowest BCUT2D eigenvalue weighted by Gasteiger charge is -2.29. The van der Waals surface area contributed by atoms with E-state index in [1.54, 1.807) is 0 Å². The maximum absolute atomic E-state index is 13.7. The lowest BCUT2D eigenvalue weighted by Crippen LogP contribution is -2.28. The lowest BCUT2D eigenvalue weighted by molar-refractivity contribution is 0.299. The minimum Gasteiger partial charge on any atom is -0.328 e. The van der Waals surface area contributed by atoms with Gasteiger partial charge in [-0.25, -0.2) is 8.78 Å². The third-order valence-electron chi connectivity index (χ3n) is 3.77. The smallest absolute Gasteiger partial charge is 0.178 e. The molecule has 0 aliphatic heterocycles. The number of halogens is 2. The summed E-state index contributed by atoms with van der Waals surface area (Å²) >= 11 is 5.25. The predicted molar refractivity (Wildman–Crippen MR) is 71.3 cm³/mol. The van der Waals surface area contributed by atoms with Gasteiger partial charge in [0.2, 0.25) is 0 Å². The van der Waals surface area contributed by atoms with Gasteiger partial charge in [-0.15, -0.1) is 0 Å². The van der Waals surface area contributed by atoms with Gasteiger partial charge in [0.1, 0.15) is 11.3 Å². The zero-order valence-corrected chi connectivity index (χ0v) is 11.5. The molecule has 0 radical (unpaired) electrons. The van der Waals surface area contributed by atoms with Crippen molar-refractivity contribution in [2.45, 2.75) is 39.2 Å². The van der Waals surface area contributed by atoms with Gasteiger partial charge in [-0.3, -0.25) is 0 Å². The Bertz CT molecular complexity index is 638. The highest BCUT2D eigenvalue weighted by molar-refractivity contribution is 7.71. The molecule has 1 aromatic carbocycles. The van der Waals surface area contributed by atoms with Crippen molar-refractivity contribution in [3.05, 3.63) is 28.5 Å². The van der Waals surface area contributed by atoms with E-state index in [4.69, 9.17) is 12.2 Å². The van der Waals surface area contributed by atoms with Crippen LogP contribution in [0.5, 0.6) is 0 Å². The van der Waals surface area contributed by atoms with Crippen molar-refractivity contribution in [3.8, 4) is 0 Å². The first kappa shape index (κ1) is 13.2. The molecule has 2 nitrogen and oxygen atoms in total. The van der Waals surface area contributed by atoms with Crippen LogP contribution in [0.2, 0.25) is 0 Å². The molecule has 2 aromatic rings. The van der Waals surface area contributed by atoms with Crippen LogP contribution in [0.3, 0.4) is 0 Å². The van der Waals surface area contributed by atoms with Crippen LogP contribution in [0.4, 0.5) is 8.78 Å². The first-order valence-electron chi connectivity index (χ1n) is 6.03. The summed E-state index contributed by atoms with van der Waals surface area (Å²) < 4.78 is 29.3. The summed E-state index contributed by atoms with van der Waals surface area (Å²) in [6, 6.07) is 2.20. The van der Waals surface area contributed by atoms with Crippen molar-refractivity contribution >= 4 is 23.3 Å². The molecule has 0 amide bonds. The van der Waals surface area contributed by atoms with Crippen molar-refractivity contribution < 1.29 is 8.78 Å². The summed E-state index contributed by atoms with van der Waals surface area (Å²) in [7, 11) is 0. The van der Waals surface area contributed by atoms with Gasteiger partial charge in [0.05, 0.1) is 5.52 Å². The Kier molecular flexibility index (Phi) is 3.27. The first-order chi connectivity index (χ1) is 8.42. The van der Waals surface area contributed by atoms with Gasteiger partial charge in [-0.1, -0.05) is 13.8 Å². The third-order valence-corrected chi connectivity index (χ3v) is 4.06. The van der Waals surface area contributed by atoms with Crippen LogP contribution in [0.15, 0.2) is 12.1 Å². The molecule has 1 aromatic heterocycles. The van der Waals surface area contributed by atoms with E-state index in [2.05, 4.69) is 4.98 Å². The number of imidazole rings is 1. The zero-order chi connectivity index (χ0) is 13.5. The molecular weight excluding hydrogens is 254 g/mol. The highest BCUT2D eigenvalue weighted by atomic mass is 32.1. The Morgan fingerprint density at radius 2 is 1.89 bits per heavy atom. The lowest BCUT2D eigenvalue weighted by atomic mass is 9.95. The zero-order valence-electron chi connectivity index (χ0n) is 10.7. The number of benzene rings is 1. The van der Waals surface area contributed by atoms with Gasteiger partial charge >= 0.3 is 0 Å². The fraction of sp³-hybridized carbons (Fsp3) is 0.462. The topological polar surface area (TPSA) is 20.7 Å². The minimum absolute atomic E-state index is 0.241. The number of hydrogen-bond donors (Lipinski definition) is 1. The number of nitrogens with zero attached hydrogens (tertiary/aromatic N) is 1. The fourth-order valence-electron chi connectivity index (χ4n) is 2.23. The SMILES string of the molecule is CCC(C)(CC)n1c(=S)[nH]c2c(F)cc(F)cc21. The minimum atomic E-state index is -0.607. The van der Waals surface area contributed by atoms with Crippen LogP contribution in [0, 0.1) is 16.4 Å². The first-order valence-corrected chi connectivity index (χ1v) is 6.44. The van der Waals surface area contributed by atoms with Crippen molar-refractivity contribution in [3.63, 3.8) is 0 Å². The quantitative estimate of drug-likeness (QED) is 0.814. The summed E-state index contributed by atoms with van der Waals surface area (Å²) in [5.74, 6) is -1.19. The van der Waals surface area contributed by atoms with E-state index in [0.717, 1.165) is 18.9 Å². The molecule has 18 heavy (non-hydrogen) atoms. The number of aromatic amines is 1. The van der Waals surface area contributed by atoms with E-state index < -0.39 is 11.6 Å². The van der Waals surface area contributed by atoms with Gasteiger partial charge in [0.15, 0.2) is 10.6 Å². The van der Waals surface area contributed by atoms with Gasteiger partial charge in [0.25, 0.3) is 0 Å². The highest BCUT2D eigenvalue weighted by Crippen LogP contribution is 2.30. The number of fused-ring (bicyclic) bond motifs is 1. The second kappa shape index (κ2) is 4.46. The van der Waals surface area contributed by atoms with Gasteiger partial charge in [-0.2, -0.15) is 0 Å². The summed E-state index contributed by atoms with van der Waals surface area (Å²) in [4.78, 5) is 2.83. The van der Waals surface area contributed by atoms with Crippen LogP contribution in [-0.4, -0.2) is 9.55 Å². The Morgan fingerprint density at radius 1 is 1.28 bits per heavy atom. The summed E-state index contributed by atoms with van der Waals surface area (Å²) in [5.41, 5.74) is 0.522. The molecule has 0 atom stereocenters. The predicted octanol–water partition coefficient (Wildman–Crippen LogP) is 4.51. The number of H-pyrrole nitrogens is 1. The highest BCUT2D eigenvalue weighted by Gasteiger charge is 2.26. The molecule has 0 saturated carbocycles. The molecule has 0 bridgehead atoms. The Balaban J connectivity index is 2.87. The van der Waals surface area contributed by atoms with E-state index in [0.29, 0.717) is 10.3 Å². The molecule has 2 rings (SSSR count). The molecular formula is C13H16F2N2S. The Labute approximate surface area is 110 Å². The maximum Gasteiger partial charge on any atom is 0.178 e. The largest absolute Gasteiger partial charge is 0.328 e. The summed E-state index contributed by atoms with van der Waals surface area (Å²) in [5, 5.41) is 0. The van der Waals surface area contributed by atoms with Crippen LogP contribution < -0.4 is 0 Å². The van der Waals surface area contributed by atoms with Crippen molar-refractivity contribution in [2.24, 2.45) is 0 Å². The molecule has 98 valence electrons. The summed E-state index contributed by atoms with van der Waals surface area (Å²) in [6.45, 7) is 6.12. The van der Waals surface area contributed by atoms with E-state index in [1.165, 1.54) is 6.07 Å². The average molecular weight is 270 g/mol. The molecule has 0 spiro atoms. The van der Waals surface area contributed by atoms with Gasteiger partial charge in [-0.05, 0) is 38.0 Å². The van der Waals surface area contributed by atoms with Crippen LogP contribution in [0.25, 0.3) is 11.0 Å². The second-order valence-corrected chi connectivity index (χ2v) is 5.14. The van der Waals surface area contributed by atoms with Crippen LogP contribution in [-0.2, 0) is 5.54 Å².